The number of benzene rings is 1. The number of nitrogens with zero attached hydrogens (tertiary/aromatic N) is 1. The van der Waals surface area contributed by atoms with E-state index in [0.29, 0.717) is 32.1 Å². The van der Waals surface area contributed by atoms with Crippen LogP contribution in [0, 0.1) is 5.92 Å². The van der Waals surface area contributed by atoms with Gasteiger partial charge < -0.3 is 15.0 Å². The minimum atomic E-state index is -3.38. The maximum Gasteiger partial charge on any atom is 0.227 e. The molecular weight excluding hydrogens is 426 g/mol. The van der Waals surface area contributed by atoms with E-state index in [0.717, 1.165) is 24.5 Å². The first kappa shape index (κ1) is 25.0. The lowest BCUT2D eigenvalue weighted by molar-refractivity contribution is -0.120. The van der Waals surface area contributed by atoms with E-state index >= 15 is 0 Å². The average molecular weight is 466 g/mol. The molecule has 0 aromatic heterocycles. The predicted octanol–water partition coefficient (Wildman–Crippen LogP) is 3.91. The third-order valence-electron chi connectivity index (χ3n) is 6.92. The second kappa shape index (κ2) is 10.1. The number of carbonyl (C=O) groups excluding carboxylic acids is 1. The zero-order chi connectivity index (χ0) is 23.5. The lowest BCUT2D eigenvalue weighted by Crippen LogP contribution is -2.47. The van der Waals surface area contributed by atoms with Crippen molar-refractivity contribution in [3.8, 4) is 0 Å². The topological polar surface area (TPSA) is 87.7 Å². The quantitative estimate of drug-likeness (QED) is 0.638. The maximum absolute atomic E-state index is 12.8. The fourth-order valence-electron chi connectivity index (χ4n) is 4.43. The second-order valence-electron chi connectivity index (χ2n) is 9.98. The fraction of sp³-hybridized carbons (Fsp3) is 0.708. The normalized spacial score (nSPS) is 27.2. The zero-order valence-corrected chi connectivity index (χ0v) is 20.9. The van der Waals surface area contributed by atoms with Crippen LogP contribution in [0.2, 0.25) is 0 Å². The minimum Gasteiger partial charge on any atom is -0.372 e. The van der Waals surface area contributed by atoms with E-state index < -0.39 is 14.8 Å². The Hall–Kier alpha value is -1.64. The summed E-state index contributed by atoms with van der Waals surface area (Å²) >= 11 is 0. The largest absolute Gasteiger partial charge is 0.372 e. The highest BCUT2D eigenvalue weighted by molar-refractivity contribution is 7.90. The van der Waals surface area contributed by atoms with Crippen LogP contribution >= 0.6 is 0 Å². The molecule has 7 nitrogen and oxygen atoms in total. The van der Waals surface area contributed by atoms with Crippen molar-refractivity contribution in [3.63, 3.8) is 0 Å². The van der Waals surface area contributed by atoms with E-state index in [-0.39, 0.29) is 30.1 Å². The number of amides is 1. The van der Waals surface area contributed by atoms with Crippen LogP contribution in [0.5, 0.6) is 0 Å². The van der Waals surface area contributed by atoms with Gasteiger partial charge >= 0.3 is 0 Å². The first-order valence-electron chi connectivity index (χ1n) is 11.8. The van der Waals surface area contributed by atoms with E-state index in [2.05, 4.69) is 28.8 Å². The van der Waals surface area contributed by atoms with Crippen molar-refractivity contribution in [3.05, 3.63) is 24.3 Å². The average Bonchev–Trinajstić information content (AvgIpc) is 2.73. The fourth-order valence-corrected chi connectivity index (χ4v) is 5.80. The van der Waals surface area contributed by atoms with E-state index in [9.17, 15) is 13.2 Å². The van der Waals surface area contributed by atoms with Crippen molar-refractivity contribution in [2.24, 2.45) is 5.92 Å². The third kappa shape index (κ3) is 6.02. The lowest BCUT2D eigenvalue weighted by Gasteiger charge is -2.37. The molecule has 3 rings (SSSR count). The molecular formula is C24H39N3O4S. The van der Waals surface area contributed by atoms with Crippen molar-refractivity contribution in [1.29, 1.82) is 0 Å². The molecule has 2 aliphatic rings. The number of ether oxygens (including phenoxy) is 1. The van der Waals surface area contributed by atoms with Gasteiger partial charge in [0.15, 0.2) is 0 Å². The Balaban J connectivity index is 1.50. The van der Waals surface area contributed by atoms with Crippen molar-refractivity contribution in [2.75, 3.05) is 23.3 Å². The van der Waals surface area contributed by atoms with Gasteiger partial charge in [0.05, 0.1) is 17.0 Å². The van der Waals surface area contributed by atoms with Crippen LogP contribution in [0.25, 0.3) is 0 Å². The second-order valence-corrected chi connectivity index (χ2v) is 12.3. The molecule has 0 bridgehead atoms. The van der Waals surface area contributed by atoms with Crippen molar-refractivity contribution >= 4 is 27.3 Å². The summed E-state index contributed by atoms with van der Waals surface area (Å²) in [5, 5.41) is 3.04. The van der Waals surface area contributed by atoms with Crippen LogP contribution in [-0.4, -0.2) is 50.4 Å². The van der Waals surface area contributed by atoms with Gasteiger partial charge in [-0.05, 0) is 84.1 Å². The first-order valence-corrected chi connectivity index (χ1v) is 13.3. The molecule has 0 radical (unpaired) electrons. The molecule has 1 saturated heterocycles. The van der Waals surface area contributed by atoms with Crippen LogP contribution in [0.15, 0.2) is 24.3 Å². The van der Waals surface area contributed by atoms with Gasteiger partial charge in [-0.1, -0.05) is 6.92 Å². The highest BCUT2D eigenvalue weighted by Gasteiger charge is 2.36. The van der Waals surface area contributed by atoms with Gasteiger partial charge in [0, 0.05) is 36.4 Å². The summed E-state index contributed by atoms with van der Waals surface area (Å²) in [5.41, 5.74) is 1.92. The molecule has 0 spiro atoms. The summed E-state index contributed by atoms with van der Waals surface area (Å²) in [5.74, 6) is -0.0721. The zero-order valence-electron chi connectivity index (χ0n) is 20.1. The Kier molecular flexibility index (Phi) is 7.89. The molecule has 32 heavy (non-hydrogen) atoms. The van der Waals surface area contributed by atoms with Gasteiger partial charge in [0.1, 0.15) is 0 Å². The van der Waals surface area contributed by atoms with Gasteiger partial charge in [-0.2, -0.15) is 0 Å². The van der Waals surface area contributed by atoms with Gasteiger partial charge in [-0.3, -0.25) is 4.79 Å². The number of anilines is 2. The van der Waals surface area contributed by atoms with Crippen molar-refractivity contribution in [1.82, 2.24) is 4.72 Å². The van der Waals surface area contributed by atoms with Gasteiger partial charge in [0.25, 0.3) is 0 Å². The summed E-state index contributed by atoms with van der Waals surface area (Å²) in [6.45, 7) is 11.3. The van der Waals surface area contributed by atoms with Crippen molar-refractivity contribution in [2.45, 2.75) is 89.7 Å². The number of carbonyl (C=O) groups is 1. The minimum absolute atomic E-state index is 0.0153. The molecule has 1 aliphatic heterocycles. The number of morpholine rings is 1. The molecule has 2 N–H and O–H groups in total. The Morgan fingerprint density at radius 3 is 2.16 bits per heavy atom. The number of nitrogens with one attached hydrogen (secondary N) is 2. The standard InChI is InChI=1S/C24H39N3O4S/c1-6-24(4,5)32(29,30)26-21-9-7-19(8-10-21)23(28)25-20-11-13-22(14-12-20)27-15-17(2)31-18(3)16-27/h11-14,17-19,21,26H,6-10,15-16H2,1-5H3,(H,25,28)/t17-,18+,19?,21?. The molecule has 1 aromatic carbocycles. The first-order chi connectivity index (χ1) is 15.0. The van der Waals surface area contributed by atoms with Crippen molar-refractivity contribution < 1.29 is 17.9 Å². The molecule has 1 saturated carbocycles. The molecule has 8 heteroatoms. The highest BCUT2D eigenvalue weighted by atomic mass is 32.2. The summed E-state index contributed by atoms with van der Waals surface area (Å²) in [4.78, 5) is 15.1. The molecule has 0 unspecified atom stereocenters. The lowest BCUT2D eigenvalue weighted by atomic mass is 9.86. The summed E-state index contributed by atoms with van der Waals surface area (Å²) in [7, 11) is -3.38. The predicted molar refractivity (Wildman–Crippen MR) is 129 cm³/mol. The van der Waals surface area contributed by atoms with Gasteiger partial charge in [0.2, 0.25) is 15.9 Å². The Labute approximate surface area is 193 Å². The number of hydrogen-bond donors (Lipinski definition) is 2. The smallest absolute Gasteiger partial charge is 0.227 e. The molecule has 180 valence electrons. The number of rotatable bonds is 7. The Bertz CT molecular complexity index is 867. The van der Waals surface area contributed by atoms with E-state index in [1.54, 1.807) is 13.8 Å². The number of hydrogen-bond acceptors (Lipinski definition) is 5. The van der Waals surface area contributed by atoms with Crippen LogP contribution in [0.3, 0.4) is 0 Å². The molecule has 1 heterocycles. The summed E-state index contributed by atoms with van der Waals surface area (Å²) in [6, 6.07) is 7.89. The monoisotopic (exact) mass is 465 g/mol. The van der Waals surface area contributed by atoms with Crippen LogP contribution in [-0.2, 0) is 19.6 Å². The Morgan fingerprint density at radius 1 is 1.06 bits per heavy atom. The number of sulfonamides is 1. The summed E-state index contributed by atoms with van der Waals surface area (Å²) in [6.07, 6.45) is 3.70. The summed E-state index contributed by atoms with van der Waals surface area (Å²) < 4.78 is 33.1. The molecule has 2 atom stereocenters. The van der Waals surface area contributed by atoms with Gasteiger partial charge in [-0.15, -0.1) is 0 Å². The van der Waals surface area contributed by atoms with Crippen LogP contribution in [0.4, 0.5) is 11.4 Å². The third-order valence-corrected chi connectivity index (χ3v) is 9.31. The van der Waals surface area contributed by atoms with E-state index in [1.807, 2.05) is 31.2 Å². The molecule has 1 amide bonds. The molecule has 1 aromatic rings. The van der Waals surface area contributed by atoms with E-state index in [1.165, 1.54) is 0 Å². The molecule has 2 fully saturated rings. The maximum atomic E-state index is 12.8. The molecule has 1 aliphatic carbocycles. The highest BCUT2D eigenvalue weighted by Crippen LogP contribution is 2.29. The SMILES string of the molecule is CCC(C)(C)S(=O)(=O)NC1CCC(C(=O)Nc2ccc(N3C[C@@H](C)O[C@@H](C)C3)cc2)CC1. The van der Waals surface area contributed by atoms with Crippen LogP contribution in [0.1, 0.15) is 66.7 Å². The van der Waals surface area contributed by atoms with Gasteiger partial charge in [-0.25, -0.2) is 13.1 Å². The van der Waals surface area contributed by atoms with E-state index in [4.69, 9.17) is 4.74 Å². The Morgan fingerprint density at radius 2 is 1.62 bits per heavy atom. The van der Waals surface area contributed by atoms with Crippen LogP contribution < -0.4 is 14.9 Å².